The maximum absolute atomic E-state index is 13.7. The van der Waals surface area contributed by atoms with E-state index in [0.29, 0.717) is 37.4 Å². The van der Waals surface area contributed by atoms with E-state index in [9.17, 15) is 4.79 Å². The maximum atomic E-state index is 13.7. The first-order valence-corrected chi connectivity index (χ1v) is 11.8. The highest BCUT2D eigenvalue weighted by Gasteiger charge is 2.14. The van der Waals surface area contributed by atoms with E-state index in [0.717, 1.165) is 21.8 Å². The highest BCUT2D eigenvalue weighted by atomic mass is 32.1. The summed E-state index contributed by atoms with van der Waals surface area (Å²) in [6.45, 7) is 0. The average Bonchev–Trinajstić information content (AvgIpc) is 2.95. The van der Waals surface area contributed by atoms with Crippen molar-refractivity contribution < 1.29 is 0 Å². The molecular formula is C30H16N6OS. The van der Waals surface area contributed by atoms with Crippen molar-refractivity contribution in [1.29, 1.82) is 21.0 Å². The summed E-state index contributed by atoms with van der Waals surface area (Å²) in [6, 6.07) is 22.0. The Bertz CT molecular complexity index is 2050. The van der Waals surface area contributed by atoms with Crippen LogP contribution in [0.15, 0.2) is 64.5 Å². The number of rotatable bonds is 2. The molecule has 8 heteroatoms. The van der Waals surface area contributed by atoms with E-state index < -0.39 is 0 Å². The van der Waals surface area contributed by atoms with Crippen molar-refractivity contribution in [3.05, 3.63) is 85.5 Å². The number of benzene rings is 3. The van der Waals surface area contributed by atoms with Crippen LogP contribution in [0.1, 0.15) is 11.1 Å². The molecular weight excluding hydrogens is 492 g/mol. The van der Waals surface area contributed by atoms with E-state index in [4.69, 9.17) is 33.3 Å². The standard InChI is InChI=1S/C30H16N6OS/c1-35-25-5-3-17(7-19(13-31)14-32)9-21(25)29(37)22-11-28-24(12-27(22)35)30(38)23-10-18(8-20(15-33)16-34)4-6-26(23)36(28)2/h3-12H,1-2H3. The zero-order valence-corrected chi connectivity index (χ0v) is 21.1. The predicted molar refractivity (Wildman–Crippen MR) is 150 cm³/mol. The lowest BCUT2D eigenvalue weighted by Gasteiger charge is -2.16. The summed E-state index contributed by atoms with van der Waals surface area (Å²) in [7, 11) is 3.77. The van der Waals surface area contributed by atoms with Gasteiger partial charge in [-0.05, 0) is 59.7 Å². The first kappa shape index (κ1) is 24.2. The highest BCUT2D eigenvalue weighted by molar-refractivity contribution is 7.72. The summed E-state index contributed by atoms with van der Waals surface area (Å²) in [5.41, 5.74) is 4.15. The summed E-state index contributed by atoms with van der Waals surface area (Å²) in [6.07, 6.45) is 2.98. The molecule has 0 spiro atoms. The van der Waals surface area contributed by atoms with Gasteiger partial charge in [-0.15, -0.1) is 0 Å². The topological polar surface area (TPSA) is 122 Å². The first-order valence-electron chi connectivity index (χ1n) is 11.4. The molecule has 5 aromatic rings. The second-order valence-corrected chi connectivity index (χ2v) is 9.19. The fourth-order valence-electron chi connectivity index (χ4n) is 4.79. The molecule has 0 fully saturated rings. The van der Waals surface area contributed by atoms with Crippen LogP contribution in [-0.4, -0.2) is 9.13 Å². The molecule has 3 aromatic carbocycles. The number of fused-ring (bicyclic) bond motifs is 4. The molecule has 2 aromatic heterocycles. The maximum Gasteiger partial charge on any atom is 0.197 e. The van der Waals surface area contributed by atoms with Gasteiger partial charge >= 0.3 is 0 Å². The van der Waals surface area contributed by atoms with Gasteiger partial charge in [0.1, 0.15) is 35.4 Å². The second-order valence-electron chi connectivity index (χ2n) is 8.78. The monoisotopic (exact) mass is 508 g/mol. The molecule has 2 heterocycles. The molecule has 0 saturated carbocycles. The third-order valence-electron chi connectivity index (χ3n) is 6.68. The lowest BCUT2D eigenvalue weighted by Crippen LogP contribution is -2.10. The average molecular weight is 509 g/mol. The Morgan fingerprint density at radius 2 is 1.05 bits per heavy atom. The van der Waals surface area contributed by atoms with E-state index in [2.05, 4.69) is 0 Å². The van der Waals surface area contributed by atoms with Crippen LogP contribution in [-0.2, 0) is 14.1 Å². The number of pyridine rings is 2. The van der Waals surface area contributed by atoms with Crippen molar-refractivity contribution in [2.45, 2.75) is 0 Å². The van der Waals surface area contributed by atoms with Crippen molar-refractivity contribution >= 4 is 68.0 Å². The zero-order valence-electron chi connectivity index (χ0n) is 20.3. The molecule has 0 unspecified atom stereocenters. The molecule has 0 radical (unpaired) electrons. The van der Waals surface area contributed by atoms with Crippen LogP contribution < -0.4 is 5.43 Å². The molecule has 0 aliphatic rings. The minimum Gasteiger partial charge on any atom is -0.344 e. The van der Waals surface area contributed by atoms with Crippen LogP contribution in [0.2, 0.25) is 0 Å². The Hall–Kier alpha value is -5.54. The van der Waals surface area contributed by atoms with Gasteiger partial charge in [0, 0.05) is 41.2 Å². The Morgan fingerprint density at radius 1 is 0.658 bits per heavy atom. The van der Waals surface area contributed by atoms with Crippen molar-refractivity contribution in [3.63, 3.8) is 0 Å². The molecule has 0 aliphatic heterocycles. The number of allylic oxidation sites excluding steroid dienone is 2. The number of nitriles is 4. The van der Waals surface area contributed by atoms with Gasteiger partial charge < -0.3 is 9.13 Å². The van der Waals surface area contributed by atoms with Gasteiger partial charge in [0.05, 0.1) is 21.1 Å². The fourth-order valence-corrected chi connectivity index (χ4v) is 5.12. The van der Waals surface area contributed by atoms with Gasteiger partial charge in [-0.3, -0.25) is 4.79 Å². The summed E-state index contributed by atoms with van der Waals surface area (Å²) in [4.78, 5) is 13.7. The molecule has 5 rings (SSSR count). The number of nitrogens with zero attached hydrogens (tertiary/aromatic N) is 6. The van der Waals surface area contributed by atoms with Crippen molar-refractivity contribution in [2.24, 2.45) is 14.1 Å². The molecule has 178 valence electrons. The molecule has 0 aliphatic carbocycles. The molecule has 0 saturated heterocycles. The van der Waals surface area contributed by atoms with Crippen LogP contribution in [0, 0.1) is 49.8 Å². The van der Waals surface area contributed by atoms with Gasteiger partial charge in [0.15, 0.2) is 5.43 Å². The molecule has 0 N–H and O–H groups in total. The zero-order chi connectivity index (χ0) is 27.1. The smallest absolute Gasteiger partial charge is 0.197 e. The highest BCUT2D eigenvalue weighted by Crippen LogP contribution is 2.30. The molecule has 0 bridgehead atoms. The van der Waals surface area contributed by atoms with E-state index >= 15 is 0 Å². The number of hydrogen-bond donors (Lipinski definition) is 0. The second kappa shape index (κ2) is 9.16. The van der Waals surface area contributed by atoms with Crippen molar-refractivity contribution in [3.8, 4) is 24.3 Å². The quantitative estimate of drug-likeness (QED) is 0.165. The predicted octanol–water partition coefficient (Wildman–Crippen LogP) is 5.93. The summed E-state index contributed by atoms with van der Waals surface area (Å²) < 4.78 is 4.51. The van der Waals surface area contributed by atoms with E-state index in [1.165, 1.54) is 12.2 Å². The molecule has 0 atom stereocenters. The van der Waals surface area contributed by atoms with Crippen molar-refractivity contribution in [1.82, 2.24) is 9.13 Å². The van der Waals surface area contributed by atoms with Crippen molar-refractivity contribution in [2.75, 3.05) is 0 Å². The van der Waals surface area contributed by atoms with Crippen LogP contribution in [0.3, 0.4) is 0 Å². The SMILES string of the molecule is Cn1c2ccc(C=C(C#N)C#N)cc2c(=O)c2cc3c(cc21)c(=S)c1cc(C=C(C#N)C#N)ccc1n3C. The normalized spacial score (nSPS) is 10.5. The molecule has 7 nitrogen and oxygen atoms in total. The Balaban J connectivity index is 1.86. The van der Waals surface area contributed by atoms with Gasteiger partial charge in [-0.25, -0.2) is 0 Å². The van der Waals surface area contributed by atoms with Crippen LogP contribution in [0.5, 0.6) is 0 Å². The summed E-state index contributed by atoms with van der Waals surface area (Å²) in [5, 5.41) is 39.0. The Morgan fingerprint density at radius 3 is 1.58 bits per heavy atom. The van der Waals surface area contributed by atoms with Crippen LogP contribution >= 0.6 is 12.2 Å². The third-order valence-corrected chi connectivity index (χ3v) is 7.12. The summed E-state index contributed by atoms with van der Waals surface area (Å²) in [5.74, 6) is 0. The lowest BCUT2D eigenvalue weighted by atomic mass is 10.0. The Kier molecular flexibility index (Phi) is 5.82. The van der Waals surface area contributed by atoms with E-state index in [1.807, 2.05) is 77.8 Å². The number of aromatic nitrogens is 2. The Labute approximate surface area is 221 Å². The van der Waals surface area contributed by atoms with Gasteiger partial charge in [0.2, 0.25) is 0 Å². The van der Waals surface area contributed by atoms with Gasteiger partial charge in [0.25, 0.3) is 0 Å². The van der Waals surface area contributed by atoms with Gasteiger partial charge in [-0.2, -0.15) is 21.0 Å². The van der Waals surface area contributed by atoms with Gasteiger partial charge in [-0.1, -0.05) is 24.4 Å². The molecule has 0 amide bonds. The van der Waals surface area contributed by atoms with E-state index in [-0.39, 0.29) is 16.6 Å². The van der Waals surface area contributed by atoms with Crippen LogP contribution in [0.25, 0.3) is 55.8 Å². The molecule has 38 heavy (non-hydrogen) atoms. The lowest BCUT2D eigenvalue weighted by molar-refractivity contribution is 0.994. The summed E-state index contributed by atoms with van der Waals surface area (Å²) >= 11 is 5.89. The van der Waals surface area contributed by atoms with Crippen LogP contribution in [0.4, 0.5) is 0 Å². The number of hydrogen-bond acceptors (Lipinski definition) is 6. The third kappa shape index (κ3) is 3.71. The largest absolute Gasteiger partial charge is 0.344 e. The van der Waals surface area contributed by atoms with E-state index in [1.54, 1.807) is 18.2 Å². The number of aryl methyl sites for hydroxylation is 2. The minimum atomic E-state index is -0.159. The minimum absolute atomic E-state index is 0.00317. The fraction of sp³-hybridized carbons (Fsp3) is 0.0667. The first-order chi connectivity index (χ1) is 18.3.